The molecule has 16 heavy (non-hydrogen) atoms. The van der Waals surface area contributed by atoms with Gasteiger partial charge in [0, 0.05) is 0 Å². The monoisotopic (exact) mass is 222 g/mol. The number of carbonyl (C=O) groups excluding carboxylic acids is 2. The third-order valence-corrected chi connectivity index (χ3v) is 1.72. The van der Waals surface area contributed by atoms with E-state index in [1.54, 1.807) is 26.0 Å². The molecule has 0 bridgehead atoms. The first-order chi connectivity index (χ1) is 7.59. The van der Waals surface area contributed by atoms with Crippen LogP contribution >= 0.6 is 0 Å². The third-order valence-electron chi connectivity index (χ3n) is 1.72. The first kappa shape index (κ1) is 12.2. The highest BCUT2D eigenvalue weighted by Crippen LogP contribution is 2.01. The van der Waals surface area contributed by atoms with Crippen molar-refractivity contribution in [3.05, 3.63) is 35.9 Å². The Bertz CT molecular complexity index is 357. The normalized spacial score (nSPS) is 9.94. The van der Waals surface area contributed by atoms with Gasteiger partial charge in [-0.25, -0.2) is 9.59 Å². The fourth-order valence-corrected chi connectivity index (χ4v) is 1.04. The molecular weight excluding hydrogens is 208 g/mol. The van der Waals surface area contributed by atoms with E-state index in [4.69, 9.17) is 4.74 Å². The maximum atomic E-state index is 11.2. The van der Waals surface area contributed by atoms with Gasteiger partial charge in [-0.15, -0.1) is 0 Å². The summed E-state index contributed by atoms with van der Waals surface area (Å²) in [4.78, 5) is 22.2. The molecule has 86 valence electrons. The molecule has 0 radical (unpaired) electrons. The first-order valence-corrected chi connectivity index (χ1v) is 5.01. The smallest absolute Gasteiger partial charge is 0.417 e. The predicted molar refractivity (Wildman–Crippen MR) is 57.5 cm³/mol. The molecule has 0 aliphatic heterocycles. The zero-order valence-corrected chi connectivity index (χ0v) is 9.30. The Balaban J connectivity index is 2.38. The molecule has 0 atom stereocenters. The molecule has 1 aromatic rings. The molecule has 0 heterocycles. The van der Waals surface area contributed by atoms with E-state index in [9.17, 15) is 9.59 Å². The number of rotatable bonds is 3. The Hall–Kier alpha value is -1.84. The first-order valence-electron chi connectivity index (χ1n) is 5.01. The van der Waals surface area contributed by atoms with Crippen molar-refractivity contribution < 1.29 is 19.1 Å². The summed E-state index contributed by atoms with van der Waals surface area (Å²) in [6.45, 7) is 3.41. The lowest BCUT2D eigenvalue weighted by Gasteiger charge is -2.07. The van der Waals surface area contributed by atoms with E-state index in [-0.39, 0.29) is 12.7 Å². The van der Waals surface area contributed by atoms with Gasteiger partial charge in [0.05, 0.1) is 6.10 Å². The van der Waals surface area contributed by atoms with Crippen LogP contribution in [0, 0.1) is 0 Å². The topological polar surface area (TPSA) is 52.6 Å². The second kappa shape index (κ2) is 5.90. The standard InChI is InChI=1S/C12H14O4/c1-9(2)16-12(14)11(13)15-8-10-6-4-3-5-7-10/h3-7,9H,8H2,1-2H3. The molecule has 4 heteroatoms. The summed E-state index contributed by atoms with van der Waals surface area (Å²) in [7, 11) is 0. The quantitative estimate of drug-likeness (QED) is 0.576. The van der Waals surface area contributed by atoms with Crippen molar-refractivity contribution in [3.63, 3.8) is 0 Å². The van der Waals surface area contributed by atoms with Crippen LogP contribution in [0.4, 0.5) is 0 Å². The van der Waals surface area contributed by atoms with Crippen LogP contribution in [0.2, 0.25) is 0 Å². The SMILES string of the molecule is CC(C)OC(=O)C(=O)OCc1ccccc1. The van der Waals surface area contributed by atoms with Crippen molar-refractivity contribution in [2.75, 3.05) is 0 Å². The molecule has 0 N–H and O–H groups in total. The van der Waals surface area contributed by atoms with Crippen LogP contribution < -0.4 is 0 Å². The van der Waals surface area contributed by atoms with Crippen LogP contribution in [0.1, 0.15) is 19.4 Å². The molecule has 4 nitrogen and oxygen atoms in total. The lowest BCUT2D eigenvalue weighted by Crippen LogP contribution is -2.23. The second-order valence-electron chi connectivity index (χ2n) is 3.52. The van der Waals surface area contributed by atoms with Crippen LogP contribution in [0.25, 0.3) is 0 Å². The van der Waals surface area contributed by atoms with Gasteiger partial charge in [0.2, 0.25) is 0 Å². The summed E-state index contributed by atoms with van der Waals surface area (Å²) in [6, 6.07) is 9.13. The van der Waals surface area contributed by atoms with E-state index >= 15 is 0 Å². The lowest BCUT2D eigenvalue weighted by atomic mass is 10.2. The Kier molecular flexibility index (Phi) is 4.51. The number of esters is 2. The van der Waals surface area contributed by atoms with E-state index in [1.807, 2.05) is 18.2 Å². The summed E-state index contributed by atoms with van der Waals surface area (Å²) in [5, 5.41) is 0. The van der Waals surface area contributed by atoms with Gasteiger partial charge in [0.1, 0.15) is 6.61 Å². The molecule has 0 aliphatic rings. The summed E-state index contributed by atoms with van der Waals surface area (Å²) < 4.78 is 9.46. The average Bonchev–Trinajstić information content (AvgIpc) is 2.26. The summed E-state index contributed by atoms with van der Waals surface area (Å²) in [5.41, 5.74) is 0.827. The van der Waals surface area contributed by atoms with Crippen LogP contribution in [-0.4, -0.2) is 18.0 Å². The fraction of sp³-hybridized carbons (Fsp3) is 0.333. The summed E-state index contributed by atoms with van der Waals surface area (Å²) in [6.07, 6.45) is -0.322. The number of carbonyl (C=O) groups is 2. The van der Waals surface area contributed by atoms with Gasteiger partial charge >= 0.3 is 11.9 Å². The minimum atomic E-state index is -0.961. The maximum Gasteiger partial charge on any atom is 0.417 e. The lowest BCUT2D eigenvalue weighted by molar-refractivity contribution is -0.170. The molecule has 0 aromatic heterocycles. The Morgan fingerprint density at radius 3 is 2.31 bits per heavy atom. The molecule has 1 aromatic carbocycles. The van der Waals surface area contributed by atoms with Crippen molar-refractivity contribution in [2.45, 2.75) is 26.6 Å². The van der Waals surface area contributed by atoms with Gasteiger partial charge < -0.3 is 9.47 Å². The largest absolute Gasteiger partial charge is 0.455 e. The van der Waals surface area contributed by atoms with Crippen LogP contribution in [-0.2, 0) is 25.7 Å². The highest BCUT2D eigenvalue weighted by molar-refractivity contribution is 6.29. The zero-order valence-electron chi connectivity index (χ0n) is 9.30. The van der Waals surface area contributed by atoms with Crippen LogP contribution in [0.5, 0.6) is 0 Å². The Morgan fingerprint density at radius 2 is 1.75 bits per heavy atom. The second-order valence-corrected chi connectivity index (χ2v) is 3.52. The third kappa shape index (κ3) is 4.13. The molecular formula is C12H14O4. The van der Waals surface area contributed by atoms with Gasteiger partial charge in [-0.2, -0.15) is 0 Å². The highest BCUT2D eigenvalue weighted by Gasteiger charge is 2.18. The van der Waals surface area contributed by atoms with Gasteiger partial charge in [0.25, 0.3) is 0 Å². The zero-order chi connectivity index (χ0) is 12.0. The molecule has 0 unspecified atom stereocenters. The van der Waals surface area contributed by atoms with Gasteiger partial charge in [0.15, 0.2) is 0 Å². The molecule has 0 saturated carbocycles. The van der Waals surface area contributed by atoms with Gasteiger partial charge in [-0.05, 0) is 19.4 Å². The Morgan fingerprint density at radius 1 is 1.12 bits per heavy atom. The number of ether oxygens (including phenoxy) is 2. The number of benzene rings is 1. The van der Waals surface area contributed by atoms with Crippen molar-refractivity contribution in [3.8, 4) is 0 Å². The van der Waals surface area contributed by atoms with Crippen molar-refractivity contribution in [1.29, 1.82) is 0 Å². The molecule has 0 spiro atoms. The maximum absolute atomic E-state index is 11.2. The minimum absolute atomic E-state index is 0.0763. The molecule has 0 fully saturated rings. The van der Waals surface area contributed by atoms with E-state index in [0.29, 0.717) is 0 Å². The molecule has 0 aliphatic carbocycles. The Labute approximate surface area is 94.2 Å². The number of hydrogen-bond donors (Lipinski definition) is 0. The van der Waals surface area contributed by atoms with Crippen molar-refractivity contribution in [1.82, 2.24) is 0 Å². The van der Waals surface area contributed by atoms with E-state index < -0.39 is 11.9 Å². The van der Waals surface area contributed by atoms with Gasteiger partial charge in [-0.1, -0.05) is 30.3 Å². The summed E-state index contributed by atoms with van der Waals surface area (Å²) >= 11 is 0. The average molecular weight is 222 g/mol. The fourth-order valence-electron chi connectivity index (χ4n) is 1.04. The summed E-state index contributed by atoms with van der Waals surface area (Å²) in [5.74, 6) is -1.91. The van der Waals surface area contributed by atoms with E-state index in [0.717, 1.165) is 5.56 Å². The highest BCUT2D eigenvalue weighted by atomic mass is 16.6. The van der Waals surface area contributed by atoms with Gasteiger partial charge in [-0.3, -0.25) is 0 Å². The molecule has 0 amide bonds. The predicted octanol–water partition coefficient (Wildman–Crippen LogP) is 1.68. The van der Waals surface area contributed by atoms with E-state index in [2.05, 4.69) is 4.74 Å². The number of hydrogen-bond acceptors (Lipinski definition) is 4. The molecule has 1 rings (SSSR count). The van der Waals surface area contributed by atoms with E-state index in [1.165, 1.54) is 0 Å². The minimum Gasteiger partial charge on any atom is -0.455 e. The molecule has 0 saturated heterocycles. The van der Waals surface area contributed by atoms with Crippen LogP contribution in [0.3, 0.4) is 0 Å². The van der Waals surface area contributed by atoms with Crippen molar-refractivity contribution in [2.24, 2.45) is 0 Å². The van der Waals surface area contributed by atoms with Crippen LogP contribution in [0.15, 0.2) is 30.3 Å². The van der Waals surface area contributed by atoms with Crippen molar-refractivity contribution >= 4 is 11.9 Å².